The number of fused-ring (bicyclic) bond motifs is 1. The molecule has 0 fully saturated rings. The third-order valence-corrected chi connectivity index (χ3v) is 4.64. The first-order valence-electron chi connectivity index (χ1n) is 8.53. The summed E-state index contributed by atoms with van der Waals surface area (Å²) in [5.74, 6) is -0.576. The molecule has 0 radical (unpaired) electrons. The molecule has 2 aromatic heterocycles. The summed E-state index contributed by atoms with van der Waals surface area (Å²) in [6.07, 6.45) is 1.41. The summed E-state index contributed by atoms with van der Waals surface area (Å²) < 4.78 is 6.92. The lowest BCUT2D eigenvalue weighted by molar-refractivity contribution is 0.0992. The van der Waals surface area contributed by atoms with Crippen LogP contribution in [0.4, 0.5) is 11.4 Å². The number of benzene rings is 2. The highest BCUT2D eigenvalue weighted by Crippen LogP contribution is 2.28. The van der Waals surface area contributed by atoms with Crippen LogP contribution in [-0.4, -0.2) is 16.4 Å². The number of nitrogens with one attached hydrogen (secondary N) is 2. The van der Waals surface area contributed by atoms with Crippen molar-refractivity contribution in [2.45, 2.75) is 0 Å². The lowest BCUT2D eigenvalue weighted by Crippen LogP contribution is -2.18. The summed E-state index contributed by atoms with van der Waals surface area (Å²) >= 11 is 6.07. The minimum absolute atomic E-state index is 0.158. The number of anilines is 2. The van der Waals surface area contributed by atoms with Gasteiger partial charge in [0.1, 0.15) is 5.69 Å². The maximum absolute atomic E-state index is 12.9. The second-order valence-corrected chi connectivity index (χ2v) is 6.66. The number of nitrogens with zero attached hydrogens (tertiary/aromatic N) is 1. The van der Waals surface area contributed by atoms with Crippen molar-refractivity contribution in [3.63, 3.8) is 0 Å². The lowest BCUT2D eigenvalue weighted by Gasteiger charge is -2.13. The normalized spacial score (nSPS) is 10.8. The molecule has 0 saturated heterocycles. The second-order valence-electron chi connectivity index (χ2n) is 6.22. The summed E-state index contributed by atoms with van der Waals surface area (Å²) in [4.78, 5) is 25.2. The number of aromatic nitrogens is 1. The van der Waals surface area contributed by atoms with E-state index in [4.69, 9.17) is 16.0 Å². The van der Waals surface area contributed by atoms with Crippen molar-refractivity contribution in [2.75, 3.05) is 10.6 Å². The van der Waals surface area contributed by atoms with Gasteiger partial charge in [-0.25, -0.2) is 0 Å². The van der Waals surface area contributed by atoms with Crippen LogP contribution in [-0.2, 0) is 7.05 Å². The smallest absolute Gasteiger partial charge is 0.291 e. The molecule has 0 bridgehead atoms. The van der Waals surface area contributed by atoms with Crippen LogP contribution in [0.2, 0.25) is 5.02 Å². The molecule has 7 heteroatoms. The fourth-order valence-electron chi connectivity index (χ4n) is 3.01. The van der Waals surface area contributed by atoms with Gasteiger partial charge in [-0.05, 0) is 42.5 Å². The van der Waals surface area contributed by atoms with Crippen LogP contribution >= 0.6 is 11.6 Å². The molecule has 140 valence electrons. The number of hydrogen-bond acceptors (Lipinski definition) is 3. The van der Waals surface area contributed by atoms with Gasteiger partial charge in [0.2, 0.25) is 0 Å². The summed E-state index contributed by atoms with van der Waals surface area (Å²) in [5.41, 5.74) is 2.26. The molecule has 0 aliphatic rings. The molecule has 0 unspecified atom stereocenters. The second kappa shape index (κ2) is 7.25. The lowest BCUT2D eigenvalue weighted by atomic mass is 10.2. The highest BCUT2D eigenvalue weighted by molar-refractivity contribution is 6.31. The van der Waals surface area contributed by atoms with Crippen molar-refractivity contribution in [1.82, 2.24) is 4.57 Å². The van der Waals surface area contributed by atoms with E-state index in [1.165, 1.54) is 6.26 Å². The third-order valence-electron chi connectivity index (χ3n) is 4.41. The van der Waals surface area contributed by atoms with Crippen molar-refractivity contribution in [3.8, 4) is 0 Å². The van der Waals surface area contributed by atoms with Gasteiger partial charge in [0.05, 0.1) is 17.6 Å². The monoisotopic (exact) mass is 393 g/mol. The average molecular weight is 394 g/mol. The quantitative estimate of drug-likeness (QED) is 0.516. The van der Waals surface area contributed by atoms with E-state index < -0.39 is 5.91 Å². The van der Waals surface area contributed by atoms with Gasteiger partial charge in [-0.15, -0.1) is 0 Å². The summed E-state index contributed by atoms with van der Waals surface area (Å²) in [6, 6.07) is 17.6. The van der Waals surface area contributed by atoms with Gasteiger partial charge < -0.3 is 19.6 Å². The van der Waals surface area contributed by atoms with Crippen LogP contribution in [0.5, 0.6) is 0 Å². The minimum atomic E-state index is -0.438. The van der Waals surface area contributed by atoms with Crippen LogP contribution in [0.25, 0.3) is 10.9 Å². The van der Waals surface area contributed by atoms with E-state index in [1.807, 2.05) is 41.9 Å². The predicted molar refractivity (Wildman–Crippen MR) is 109 cm³/mol. The molecule has 2 amide bonds. The zero-order valence-electron chi connectivity index (χ0n) is 14.9. The predicted octanol–water partition coefficient (Wildman–Crippen LogP) is 4.93. The Kier molecular flexibility index (Phi) is 4.63. The maximum atomic E-state index is 12.9. The number of furan rings is 1. The van der Waals surface area contributed by atoms with E-state index >= 15 is 0 Å². The molecule has 4 rings (SSSR count). The molecular formula is C21H16ClN3O3. The Labute approximate surface area is 165 Å². The fourth-order valence-corrected chi connectivity index (χ4v) is 3.19. The molecule has 28 heavy (non-hydrogen) atoms. The number of rotatable bonds is 4. The number of carbonyl (C=O) groups is 2. The van der Waals surface area contributed by atoms with Crippen molar-refractivity contribution >= 4 is 45.7 Å². The summed E-state index contributed by atoms with van der Waals surface area (Å²) in [6.45, 7) is 0. The Hall–Kier alpha value is -3.51. The Morgan fingerprint density at radius 1 is 0.929 bits per heavy atom. The van der Waals surface area contributed by atoms with Crippen molar-refractivity contribution in [2.24, 2.45) is 7.05 Å². The third kappa shape index (κ3) is 3.37. The fraction of sp³-hybridized carbons (Fsp3) is 0.0476. The van der Waals surface area contributed by atoms with E-state index in [0.29, 0.717) is 22.1 Å². The number of carbonyl (C=O) groups excluding carboxylic acids is 2. The molecule has 2 heterocycles. The molecule has 0 atom stereocenters. The first kappa shape index (κ1) is 17.9. The molecule has 6 nitrogen and oxygen atoms in total. The Morgan fingerprint density at radius 2 is 1.71 bits per heavy atom. The highest BCUT2D eigenvalue weighted by Gasteiger charge is 2.17. The van der Waals surface area contributed by atoms with Crippen LogP contribution in [0.1, 0.15) is 21.0 Å². The minimum Gasteiger partial charge on any atom is -0.459 e. The van der Waals surface area contributed by atoms with Gasteiger partial charge in [-0.2, -0.15) is 0 Å². The first-order chi connectivity index (χ1) is 13.5. The molecular weight excluding hydrogens is 378 g/mol. The standard InChI is InChI=1S/C21H16ClN3O3/c1-25-17-6-3-2-5-13(17)11-18(25)20(26)23-15-9-8-14(22)12-16(15)24-21(27)19-7-4-10-28-19/h2-12H,1H3,(H,23,26)(H,24,27). The van der Waals surface area contributed by atoms with Gasteiger partial charge in [-0.3, -0.25) is 9.59 Å². The van der Waals surface area contributed by atoms with Gasteiger partial charge in [-0.1, -0.05) is 29.8 Å². The van der Waals surface area contributed by atoms with Crippen LogP contribution < -0.4 is 10.6 Å². The molecule has 0 aliphatic heterocycles. The Balaban J connectivity index is 1.63. The number of halogens is 1. The Bertz CT molecular complexity index is 1180. The first-order valence-corrected chi connectivity index (χ1v) is 8.91. The van der Waals surface area contributed by atoms with E-state index in [1.54, 1.807) is 30.3 Å². The number of para-hydroxylation sites is 1. The highest BCUT2D eigenvalue weighted by atomic mass is 35.5. The van der Waals surface area contributed by atoms with Crippen molar-refractivity contribution in [1.29, 1.82) is 0 Å². The van der Waals surface area contributed by atoms with Gasteiger partial charge in [0.15, 0.2) is 5.76 Å². The maximum Gasteiger partial charge on any atom is 0.291 e. The molecule has 0 aliphatic carbocycles. The Morgan fingerprint density at radius 3 is 2.46 bits per heavy atom. The zero-order chi connectivity index (χ0) is 19.7. The van der Waals surface area contributed by atoms with Crippen LogP contribution in [0.3, 0.4) is 0 Å². The van der Waals surface area contributed by atoms with Crippen LogP contribution in [0.15, 0.2) is 71.3 Å². The van der Waals surface area contributed by atoms with E-state index in [-0.39, 0.29) is 11.7 Å². The zero-order valence-corrected chi connectivity index (χ0v) is 15.7. The summed E-state index contributed by atoms with van der Waals surface area (Å²) in [7, 11) is 1.83. The van der Waals surface area contributed by atoms with Gasteiger partial charge in [0.25, 0.3) is 11.8 Å². The largest absolute Gasteiger partial charge is 0.459 e. The van der Waals surface area contributed by atoms with Crippen molar-refractivity contribution < 1.29 is 14.0 Å². The molecule has 0 saturated carbocycles. The van der Waals surface area contributed by atoms with Crippen LogP contribution in [0, 0.1) is 0 Å². The number of hydrogen-bond donors (Lipinski definition) is 2. The van der Waals surface area contributed by atoms with Crippen molar-refractivity contribution in [3.05, 3.63) is 83.4 Å². The molecule has 2 aromatic carbocycles. The summed E-state index contributed by atoms with van der Waals surface area (Å²) in [5, 5.41) is 6.95. The molecule has 4 aromatic rings. The molecule has 0 spiro atoms. The number of aryl methyl sites for hydroxylation is 1. The SMILES string of the molecule is Cn1c(C(=O)Nc2ccc(Cl)cc2NC(=O)c2ccco2)cc2ccccc21. The molecule has 2 N–H and O–H groups in total. The number of amides is 2. The van der Waals surface area contributed by atoms with Gasteiger partial charge in [0, 0.05) is 23.0 Å². The van der Waals surface area contributed by atoms with E-state index in [2.05, 4.69) is 10.6 Å². The van der Waals surface area contributed by atoms with E-state index in [0.717, 1.165) is 10.9 Å². The van der Waals surface area contributed by atoms with Gasteiger partial charge >= 0.3 is 0 Å². The van der Waals surface area contributed by atoms with E-state index in [9.17, 15) is 9.59 Å². The average Bonchev–Trinajstić information content (AvgIpc) is 3.33. The topological polar surface area (TPSA) is 76.3 Å².